The van der Waals surface area contributed by atoms with E-state index in [2.05, 4.69) is 20.3 Å². The van der Waals surface area contributed by atoms with Gasteiger partial charge in [-0.15, -0.1) is 0 Å². The van der Waals surface area contributed by atoms with Crippen molar-refractivity contribution in [1.82, 2.24) is 10.3 Å². The number of carbonyl (C=O) groups is 1. The number of hydrogen-bond donors (Lipinski definition) is 4. The molecule has 0 atom stereocenters. The number of anilines is 2. The van der Waals surface area contributed by atoms with E-state index >= 15 is 0 Å². The van der Waals surface area contributed by atoms with E-state index in [-0.39, 0.29) is 5.91 Å². The molecule has 134 valence electrons. The van der Waals surface area contributed by atoms with Crippen LogP contribution in [-0.2, 0) is 16.6 Å². The van der Waals surface area contributed by atoms with E-state index in [1.807, 2.05) is 12.1 Å². The van der Waals surface area contributed by atoms with Crippen molar-refractivity contribution in [2.45, 2.75) is 6.54 Å². The van der Waals surface area contributed by atoms with Crippen LogP contribution in [0, 0.1) is 0 Å². The lowest BCUT2D eigenvalue weighted by Gasteiger charge is -2.09. The van der Waals surface area contributed by atoms with Gasteiger partial charge in [-0.05, 0) is 29.8 Å². The highest BCUT2D eigenvalue weighted by Crippen LogP contribution is 2.13. The summed E-state index contributed by atoms with van der Waals surface area (Å²) in [7, 11) is -3.28. The fourth-order valence-electron chi connectivity index (χ4n) is 2.02. The minimum absolute atomic E-state index is 0.258. The molecule has 0 unspecified atom stereocenters. The van der Waals surface area contributed by atoms with Crippen LogP contribution in [0.1, 0.15) is 16.1 Å². The summed E-state index contributed by atoms with van der Waals surface area (Å²) >= 11 is 0. The molecular weight excluding hydrogens is 342 g/mol. The molecule has 1 amide bonds. The third-order valence-corrected chi connectivity index (χ3v) is 3.79. The van der Waals surface area contributed by atoms with Crippen molar-refractivity contribution in [1.29, 1.82) is 0 Å². The molecule has 2 aromatic rings. The smallest absolute Gasteiger partial charge is 0.269 e. The Morgan fingerprint density at radius 1 is 1.12 bits per heavy atom. The summed E-state index contributed by atoms with van der Waals surface area (Å²) < 4.78 is 24.7. The largest absolute Gasteiger partial charge is 0.380 e. The van der Waals surface area contributed by atoms with E-state index in [0.29, 0.717) is 31.0 Å². The SMILES string of the molecule is CS(=O)(=O)Nc1ccc(CNc2ccc(C(=O)NCCN)nc2)cc1. The number of aromatic nitrogens is 1. The second-order valence-electron chi connectivity index (χ2n) is 5.40. The van der Waals surface area contributed by atoms with Gasteiger partial charge in [-0.2, -0.15) is 0 Å². The van der Waals surface area contributed by atoms with Crippen molar-refractivity contribution in [3.05, 3.63) is 53.9 Å². The van der Waals surface area contributed by atoms with Crippen molar-refractivity contribution in [2.75, 3.05) is 29.4 Å². The Balaban J connectivity index is 1.89. The maximum absolute atomic E-state index is 11.7. The molecule has 0 aliphatic rings. The molecule has 0 saturated heterocycles. The van der Waals surface area contributed by atoms with E-state index in [0.717, 1.165) is 17.5 Å². The number of nitrogens with two attached hydrogens (primary N) is 1. The van der Waals surface area contributed by atoms with E-state index in [9.17, 15) is 13.2 Å². The normalized spacial score (nSPS) is 11.0. The van der Waals surface area contributed by atoms with Crippen molar-refractivity contribution >= 4 is 27.3 Å². The lowest BCUT2D eigenvalue weighted by atomic mass is 10.2. The second kappa shape index (κ2) is 8.45. The van der Waals surface area contributed by atoms with Gasteiger partial charge >= 0.3 is 0 Å². The van der Waals surface area contributed by atoms with Crippen LogP contribution < -0.4 is 21.1 Å². The predicted octanol–water partition coefficient (Wildman–Crippen LogP) is 0.754. The van der Waals surface area contributed by atoms with Crippen LogP contribution in [0.5, 0.6) is 0 Å². The zero-order chi connectivity index (χ0) is 18.3. The van der Waals surface area contributed by atoms with Gasteiger partial charge < -0.3 is 16.4 Å². The zero-order valence-corrected chi connectivity index (χ0v) is 14.6. The van der Waals surface area contributed by atoms with Gasteiger partial charge in [0.2, 0.25) is 10.0 Å². The Hall–Kier alpha value is -2.65. The number of rotatable bonds is 8. The topological polar surface area (TPSA) is 126 Å². The number of sulfonamides is 1. The molecule has 2 rings (SSSR count). The molecule has 5 N–H and O–H groups in total. The maximum atomic E-state index is 11.7. The maximum Gasteiger partial charge on any atom is 0.269 e. The van der Waals surface area contributed by atoms with Gasteiger partial charge in [0.25, 0.3) is 5.91 Å². The van der Waals surface area contributed by atoms with Crippen LogP contribution in [0.15, 0.2) is 42.6 Å². The molecule has 1 aromatic carbocycles. The first-order valence-electron chi connectivity index (χ1n) is 7.62. The number of nitrogens with one attached hydrogen (secondary N) is 3. The van der Waals surface area contributed by atoms with E-state index < -0.39 is 10.0 Å². The van der Waals surface area contributed by atoms with Crippen molar-refractivity contribution in [3.8, 4) is 0 Å². The molecule has 1 heterocycles. The van der Waals surface area contributed by atoms with Gasteiger partial charge in [-0.25, -0.2) is 13.4 Å². The summed E-state index contributed by atoms with van der Waals surface area (Å²) in [5.74, 6) is -0.258. The van der Waals surface area contributed by atoms with Gasteiger partial charge in [-0.1, -0.05) is 12.1 Å². The first-order valence-corrected chi connectivity index (χ1v) is 9.51. The van der Waals surface area contributed by atoms with Gasteiger partial charge in [-0.3, -0.25) is 9.52 Å². The van der Waals surface area contributed by atoms with Crippen LogP contribution in [0.3, 0.4) is 0 Å². The van der Waals surface area contributed by atoms with Crippen molar-refractivity contribution in [3.63, 3.8) is 0 Å². The zero-order valence-electron chi connectivity index (χ0n) is 13.8. The molecule has 9 heteroatoms. The monoisotopic (exact) mass is 363 g/mol. The Kier molecular flexibility index (Phi) is 6.31. The van der Waals surface area contributed by atoms with Gasteiger partial charge in [0.1, 0.15) is 5.69 Å². The minimum Gasteiger partial charge on any atom is -0.380 e. The number of amides is 1. The molecular formula is C16H21N5O3S. The number of pyridine rings is 1. The molecule has 0 saturated carbocycles. The highest BCUT2D eigenvalue weighted by atomic mass is 32.2. The van der Waals surface area contributed by atoms with Crippen molar-refractivity contribution in [2.24, 2.45) is 5.73 Å². The first-order chi connectivity index (χ1) is 11.9. The molecule has 0 aliphatic heterocycles. The van der Waals surface area contributed by atoms with E-state index in [1.165, 1.54) is 0 Å². The molecule has 8 nitrogen and oxygen atoms in total. The Labute approximate surface area is 146 Å². The summed E-state index contributed by atoms with van der Waals surface area (Å²) in [4.78, 5) is 15.8. The molecule has 0 fully saturated rings. The summed E-state index contributed by atoms with van der Waals surface area (Å²) in [5.41, 5.74) is 7.93. The standard InChI is InChI=1S/C16H21N5O3S/c1-25(23,24)21-13-4-2-12(3-5-13)10-19-14-6-7-15(20-11-14)16(22)18-9-8-17/h2-7,11,19,21H,8-10,17H2,1H3,(H,18,22). The highest BCUT2D eigenvalue weighted by Gasteiger charge is 2.06. The van der Waals surface area contributed by atoms with E-state index in [4.69, 9.17) is 5.73 Å². The quantitative estimate of drug-likeness (QED) is 0.548. The fourth-order valence-corrected chi connectivity index (χ4v) is 2.58. The van der Waals surface area contributed by atoms with Crippen molar-refractivity contribution < 1.29 is 13.2 Å². The molecule has 0 bridgehead atoms. The lowest BCUT2D eigenvalue weighted by molar-refractivity contribution is 0.0950. The molecule has 0 radical (unpaired) electrons. The average molecular weight is 363 g/mol. The molecule has 0 spiro atoms. The van der Waals surface area contributed by atoms with Gasteiger partial charge in [0.05, 0.1) is 18.1 Å². The summed E-state index contributed by atoms with van der Waals surface area (Å²) in [6, 6.07) is 10.4. The summed E-state index contributed by atoms with van der Waals surface area (Å²) in [6.07, 6.45) is 2.69. The van der Waals surface area contributed by atoms with Crippen LogP contribution in [-0.4, -0.2) is 38.7 Å². The molecule has 0 aliphatic carbocycles. The van der Waals surface area contributed by atoms with Crippen LogP contribution in [0.25, 0.3) is 0 Å². The average Bonchev–Trinajstić information content (AvgIpc) is 2.58. The van der Waals surface area contributed by atoms with Crippen LogP contribution >= 0.6 is 0 Å². The minimum atomic E-state index is -3.28. The number of hydrogen-bond acceptors (Lipinski definition) is 6. The summed E-state index contributed by atoms with van der Waals surface area (Å²) in [6.45, 7) is 1.33. The Morgan fingerprint density at radius 2 is 1.80 bits per heavy atom. The van der Waals surface area contributed by atoms with Crippen LogP contribution in [0.4, 0.5) is 11.4 Å². The number of benzene rings is 1. The fraction of sp³-hybridized carbons (Fsp3) is 0.250. The number of carbonyl (C=O) groups excluding carboxylic acids is 1. The highest BCUT2D eigenvalue weighted by molar-refractivity contribution is 7.92. The lowest BCUT2D eigenvalue weighted by Crippen LogP contribution is -2.29. The van der Waals surface area contributed by atoms with E-state index in [1.54, 1.807) is 30.5 Å². The van der Waals surface area contributed by atoms with Gasteiger partial charge in [0.15, 0.2) is 0 Å². The number of nitrogens with zero attached hydrogens (tertiary/aromatic N) is 1. The summed E-state index contributed by atoms with van der Waals surface area (Å²) in [5, 5.41) is 5.84. The van der Waals surface area contributed by atoms with Gasteiger partial charge in [0, 0.05) is 25.3 Å². The Morgan fingerprint density at radius 3 is 2.36 bits per heavy atom. The Bertz CT molecular complexity index is 805. The third-order valence-electron chi connectivity index (χ3n) is 3.18. The third kappa shape index (κ3) is 6.40. The molecule has 1 aromatic heterocycles. The second-order valence-corrected chi connectivity index (χ2v) is 7.15. The first kappa shape index (κ1) is 18.7. The van der Waals surface area contributed by atoms with Crippen LogP contribution in [0.2, 0.25) is 0 Å². The molecule has 25 heavy (non-hydrogen) atoms. The predicted molar refractivity (Wildman–Crippen MR) is 97.9 cm³/mol.